The Bertz CT molecular complexity index is 255. The van der Waals surface area contributed by atoms with E-state index < -0.39 is 0 Å². The lowest BCUT2D eigenvalue weighted by Gasteiger charge is -2.38. The summed E-state index contributed by atoms with van der Waals surface area (Å²) >= 11 is 2.06. The molecule has 3 atom stereocenters. The number of allylic oxidation sites excluding steroid dienone is 2. The predicted molar refractivity (Wildman–Crippen MR) is 61.2 cm³/mol. The Morgan fingerprint density at radius 1 is 1.46 bits per heavy atom. The topological polar surface area (TPSA) is 0 Å². The molecule has 13 heavy (non-hydrogen) atoms. The van der Waals surface area contributed by atoms with Crippen LogP contribution in [0.4, 0.5) is 0 Å². The van der Waals surface area contributed by atoms with E-state index in [9.17, 15) is 0 Å². The lowest BCUT2D eigenvalue weighted by Crippen LogP contribution is -2.28. The van der Waals surface area contributed by atoms with Crippen molar-refractivity contribution >= 4 is 19.6 Å². The zero-order valence-electron chi connectivity index (χ0n) is 8.76. The van der Waals surface area contributed by atoms with Gasteiger partial charge < -0.3 is 0 Å². The maximum Gasteiger partial charge on any atom is 0.0743 e. The molecule has 1 heterocycles. The Labute approximate surface area is 87.0 Å². The minimum Gasteiger partial charge on any atom is -0.127 e. The molecule has 1 saturated carbocycles. The fraction of sp³-hybridized carbons (Fsp3) is 0.818. The third-order valence-electron chi connectivity index (χ3n) is 3.58. The zero-order valence-corrected chi connectivity index (χ0v) is 9.58. The van der Waals surface area contributed by atoms with Crippen LogP contribution < -0.4 is 0 Å². The summed E-state index contributed by atoms with van der Waals surface area (Å²) in [5, 5.41) is 0.878. The Balaban J connectivity index is 2.13. The Kier molecular flexibility index (Phi) is 2.30. The Morgan fingerprint density at radius 2 is 2.15 bits per heavy atom. The van der Waals surface area contributed by atoms with Crippen LogP contribution in [0.1, 0.15) is 40.0 Å². The summed E-state index contributed by atoms with van der Waals surface area (Å²) in [6.07, 6.45) is 3.68. The lowest BCUT2D eigenvalue weighted by molar-refractivity contribution is 0.350. The van der Waals surface area contributed by atoms with Gasteiger partial charge in [-0.1, -0.05) is 24.2 Å². The molecule has 0 nitrogen and oxygen atoms in total. The molecule has 1 fully saturated rings. The van der Waals surface area contributed by atoms with Crippen LogP contribution in [0, 0.1) is 5.92 Å². The maximum atomic E-state index is 6.19. The van der Waals surface area contributed by atoms with Crippen molar-refractivity contribution in [2.45, 2.75) is 50.6 Å². The molecule has 0 aromatic heterocycles. The quantitative estimate of drug-likeness (QED) is 0.529. The standard InChI is InChI=1S/C11H17BS/c1-7-8(2)13-10-6-11(3,12)5-4-9(7)10/h9-10H,4-6H2,1-3H3. The van der Waals surface area contributed by atoms with Crippen LogP contribution in [0.3, 0.4) is 0 Å². The number of rotatable bonds is 0. The van der Waals surface area contributed by atoms with Crippen molar-refractivity contribution in [3.8, 4) is 0 Å². The first-order chi connectivity index (χ1) is 5.99. The van der Waals surface area contributed by atoms with E-state index in [-0.39, 0.29) is 5.31 Å². The van der Waals surface area contributed by atoms with Gasteiger partial charge in [-0.25, -0.2) is 0 Å². The van der Waals surface area contributed by atoms with E-state index >= 15 is 0 Å². The van der Waals surface area contributed by atoms with Gasteiger partial charge in [0.05, 0.1) is 7.85 Å². The van der Waals surface area contributed by atoms with Gasteiger partial charge in [0.15, 0.2) is 0 Å². The molecule has 1 aliphatic heterocycles. The summed E-state index contributed by atoms with van der Waals surface area (Å²) in [7, 11) is 6.19. The van der Waals surface area contributed by atoms with E-state index in [1.165, 1.54) is 19.3 Å². The smallest absolute Gasteiger partial charge is 0.0743 e. The number of hydrogen-bond acceptors (Lipinski definition) is 1. The maximum absolute atomic E-state index is 6.19. The molecule has 2 heteroatoms. The highest BCUT2D eigenvalue weighted by Gasteiger charge is 2.39. The van der Waals surface area contributed by atoms with Crippen LogP contribution in [0.25, 0.3) is 0 Å². The van der Waals surface area contributed by atoms with Crippen molar-refractivity contribution in [1.82, 2.24) is 0 Å². The molecule has 1 aliphatic carbocycles. The average Bonchev–Trinajstić information content (AvgIpc) is 2.25. The zero-order chi connectivity index (χ0) is 9.64. The highest BCUT2D eigenvalue weighted by Crippen LogP contribution is 2.54. The molecule has 2 rings (SSSR count). The van der Waals surface area contributed by atoms with E-state index in [0.29, 0.717) is 0 Å². The van der Waals surface area contributed by atoms with Crippen LogP contribution in [0.2, 0.25) is 5.31 Å². The number of thioether (sulfide) groups is 1. The van der Waals surface area contributed by atoms with Gasteiger partial charge >= 0.3 is 0 Å². The number of hydrogen-bond donors (Lipinski definition) is 0. The Hall–Kier alpha value is 0.155. The summed E-state index contributed by atoms with van der Waals surface area (Å²) in [6.45, 7) is 6.76. The first-order valence-electron chi connectivity index (χ1n) is 5.12. The van der Waals surface area contributed by atoms with E-state index in [1.54, 1.807) is 10.5 Å². The van der Waals surface area contributed by atoms with Crippen molar-refractivity contribution < 1.29 is 0 Å². The van der Waals surface area contributed by atoms with Crippen molar-refractivity contribution in [2.75, 3.05) is 0 Å². The minimum atomic E-state index is 0.0963. The monoisotopic (exact) mass is 192 g/mol. The van der Waals surface area contributed by atoms with Gasteiger partial charge in [0.2, 0.25) is 0 Å². The molecule has 0 N–H and O–H groups in total. The lowest BCUT2D eigenvalue weighted by atomic mass is 9.59. The Morgan fingerprint density at radius 3 is 2.85 bits per heavy atom. The van der Waals surface area contributed by atoms with Gasteiger partial charge in [-0.15, -0.1) is 11.8 Å². The van der Waals surface area contributed by atoms with E-state index in [1.807, 2.05) is 0 Å². The van der Waals surface area contributed by atoms with Gasteiger partial charge in [-0.05, 0) is 37.5 Å². The molecule has 0 aromatic carbocycles. The third kappa shape index (κ3) is 1.70. The molecule has 0 saturated heterocycles. The molecule has 70 valence electrons. The molecular formula is C11H17BS. The molecule has 0 aromatic rings. The molecule has 0 amide bonds. The van der Waals surface area contributed by atoms with E-state index in [0.717, 1.165) is 11.2 Å². The minimum absolute atomic E-state index is 0.0963. The first-order valence-corrected chi connectivity index (χ1v) is 6.00. The van der Waals surface area contributed by atoms with E-state index in [2.05, 4.69) is 32.5 Å². The first kappa shape index (κ1) is 9.70. The molecule has 3 unspecified atom stereocenters. The van der Waals surface area contributed by atoms with Crippen LogP contribution in [-0.4, -0.2) is 13.1 Å². The van der Waals surface area contributed by atoms with Gasteiger partial charge in [0, 0.05) is 5.25 Å². The summed E-state index contributed by atoms with van der Waals surface area (Å²) in [4.78, 5) is 1.55. The second kappa shape index (κ2) is 3.08. The van der Waals surface area contributed by atoms with Crippen LogP contribution in [0.15, 0.2) is 10.5 Å². The molecular weight excluding hydrogens is 175 g/mol. The largest absolute Gasteiger partial charge is 0.127 e. The molecule has 0 spiro atoms. The number of fused-ring (bicyclic) bond motifs is 1. The van der Waals surface area contributed by atoms with Crippen LogP contribution >= 0.6 is 11.8 Å². The molecule has 2 aliphatic rings. The van der Waals surface area contributed by atoms with Crippen molar-refractivity contribution in [3.63, 3.8) is 0 Å². The third-order valence-corrected chi connectivity index (χ3v) is 5.06. The molecule has 2 radical (unpaired) electrons. The van der Waals surface area contributed by atoms with Gasteiger partial charge in [-0.2, -0.15) is 0 Å². The average molecular weight is 192 g/mol. The predicted octanol–water partition coefficient (Wildman–Crippen LogP) is 3.54. The van der Waals surface area contributed by atoms with Crippen molar-refractivity contribution in [1.29, 1.82) is 0 Å². The SMILES string of the molecule is [B]C1(C)CCC2C(C)=C(C)SC2C1. The highest BCUT2D eigenvalue weighted by molar-refractivity contribution is 8.03. The fourth-order valence-electron chi connectivity index (χ4n) is 2.58. The van der Waals surface area contributed by atoms with E-state index in [4.69, 9.17) is 7.85 Å². The normalized spacial score (nSPS) is 45.2. The summed E-state index contributed by atoms with van der Waals surface area (Å²) in [6, 6.07) is 0. The second-order valence-corrected chi connectivity index (χ2v) is 6.35. The van der Waals surface area contributed by atoms with Crippen LogP contribution in [-0.2, 0) is 0 Å². The molecule has 0 bridgehead atoms. The van der Waals surface area contributed by atoms with Crippen molar-refractivity contribution in [2.24, 2.45) is 5.92 Å². The van der Waals surface area contributed by atoms with Gasteiger partial charge in [-0.3, -0.25) is 0 Å². The van der Waals surface area contributed by atoms with Gasteiger partial charge in [0.25, 0.3) is 0 Å². The summed E-state index contributed by atoms with van der Waals surface area (Å²) in [5.41, 5.74) is 1.63. The second-order valence-electron chi connectivity index (χ2n) is 4.90. The van der Waals surface area contributed by atoms with Crippen LogP contribution in [0.5, 0.6) is 0 Å². The summed E-state index contributed by atoms with van der Waals surface area (Å²) in [5.74, 6) is 0.835. The fourth-order valence-corrected chi connectivity index (χ4v) is 4.34. The highest BCUT2D eigenvalue weighted by atomic mass is 32.2. The summed E-state index contributed by atoms with van der Waals surface area (Å²) < 4.78 is 0. The van der Waals surface area contributed by atoms with Crippen molar-refractivity contribution in [3.05, 3.63) is 10.5 Å². The van der Waals surface area contributed by atoms with Gasteiger partial charge in [0.1, 0.15) is 0 Å².